The molecule has 0 aromatic rings. The van der Waals surface area contributed by atoms with E-state index in [2.05, 4.69) is 6.92 Å². The molecule has 2 heterocycles. The molecule has 0 unspecified atom stereocenters. The summed E-state index contributed by atoms with van der Waals surface area (Å²) in [6, 6.07) is 0. The first-order valence-electron chi connectivity index (χ1n) is 18.0. The Balaban J connectivity index is 1.60. The van der Waals surface area contributed by atoms with Crippen molar-refractivity contribution < 1.29 is 59.5 Å². The Morgan fingerprint density at radius 2 is 0.978 bits per heavy atom. The van der Waals surface area contributed by atoms with Crippen molar-refractivity contribution in [3.8, 4) is 0 Å². The Kier molecular flexibility index (Phi) is 21.7. The third-order valence-electron chi connectivity index (χ3n) is 9.21. The maximum absolute atomic E-state index is 12.7. The van der Waals surface area contributed by atoms with Gasteiger partial charge in [0, 0.05) is 6.42 Å². The average Bonchev–Trinajstić information content (AvgIpc) is 3.05. The molecule has 2 aliphatic rings. The normalized spacial score (nSPS) is 31.7. The van der Waals surface area contributed by atoms with Crippen molar-refractivity contribution in [2.45, 2.75) is 197 Å². The number of ether oxygens (including phenoxy) is 4. The van der Waals surface area contributed by atoms with E-state index in [1.807, 2.05) is 0 Å². The number of carbonyl (C=O) groups excluding carboxylic acids is 1. The van der Waals surface area contributed by atoms with Crippen LogP contribution in [0.4, 0.5) is 0 Å². The highest BCUT2D eigenvalue weighted by Crippen LogP contribution is 2.30. The zero-order chi connectivity index (χ0) is 33.7. The molecule has 2 aliphatic heterocycles. The minimum Gasteiger partial charge on any atom is -0.454 e. The van der Waals surface area contributed by atoms with Crippen molar-refractivity contribution in [2.24, 2.45) is 0 Å². The summed E-state index contributed by atoms with van der Waals surface area (Å²) in [7, 11) is 0. The molecule has 0 radical (unpaired) electrons. The fraction of sp³-hybridized carbons (Fsp3) is 0.971. The molecule has 0 bridgehead atoms. The predicted molar refractivity (Wildman–Crippen MR) is 171 cm³/mol. The molecular weight excluding hydrogens is 600 g/mol. The minimum atomic E-state index is -1.77. The molecule has 2 rings (SSSR count). The molecule has 2 saturated heterocycles. The summed E-state index contributed by atoms with van der Waals surface area (Å²) in [6.45, 7) is 0.872. The summed E-state index contributed by atoms with van der Waals surface area (Å²) in [6.07, 6.45) is 7.97. The Morgan fingerprint density at radius 1 is 0.543 bits per heavy atom. The second-order valence-corrected chi connectivity index (χ2v) is 13.1. The van der Waals surface area contributed by atoms with E-state index in [0.29, 0.717) is 6.42 Å². The number of hydrogen-bond donors (Lipinski definition) is 7. The highest BCUT2D eigenvalue weighted by Gasteiger charge is 2.51. The second kappa shape index (κ2) is 24.2. The van der Waals surface area contributed by atoms with Crippen LogP contribution in [0.1, 0.15) is 135 Å². The van der Waals surface area contributed by atoms with Crippen LogP contribution < -0.4 is 0 Å². The first-order valence-corrected chi connectivity index (χ1v) is 18.0. The maximum atomic E-state index is 12.7. The van der Waals surface area contributed by atoms with E-state index in [4.69, 9.17) is 18.9 Å². The van der Waals surface area contributed by atoms with Gasteiger partial charge in [-0.25, -0.2) is 0 Å². The zero-order valence-corrected chi connectivity index (χ0v) is 28.0. The summed E-state index contributed by atoms with van der Waals surface area (Å²) in [5.74, 6) is -0.641. The summed E-state index contributed by atoms with van der Waals surface area (Å²) < 4.78 is 21.7. The molecule has 0 aromatic heterocycles. The van der Waals surface area contributed by atoms with Gasteiger partial charge in [-0.3, -0.25) is 4.79 Å². The van der Waals surface area contributed by atoms with Gasteiger partial charge < -0.3 is 54.7 Å². The highest BCUT2D eigenvalue weighted by molar-refractivity contribution is 5.69. The lowest BCUT2D eigenvalue weighted by Gasteiger charge is -2.46. The van der Waals surface area contributed by atoms with Crippen LogP contribution in [0.15, 0.2) is 0 Å². The molecule has 12 nitrogen and oxygen atoms in total. The third kappa shape index (κ3) is 14.7. The lowest BCUT2D eigenvalue weighted by atomic mass is 9.97. The van der Waals surface area contributed by atoms with Gasteiger partial charge >= 0.3 is 5.97 Å². The Hall–Kier alpha value is -0.930. The molecule has 46 heavy (non-hydrogen) atoms. The Morgan fingerprint density at radius 3 is 1.43 bits per heavy atom. The number of rotatable bonds is 25. The van der Waals surface area contributed by atoms with E-state index in [1.54, 1.807) is 0 Å². The van der Waals surface area contributed by atoms with E-state index in [-0.39, 0.29) is 6.42 Å². The monoisotopic (exact) mass is 664 g/mol. The quantitative estimate of drug-likeness (QED) is 0.0558. The van der Waals surface area contributed by atoms with Crippen molar-refractivity contribution in [3.63, 3.8) is 0 Å². The molecule has 272 valence electrons. The van der Waals surface area contributed by atoms with Crippen LogP contribution in [0.3, 0.4) is 0 Å². The topological polar surface area (TPSA) is 196 Å². The standard InChI is InChI=1S/C34H64O12/c1-2-3-4-5-6-7-8-9-10-11-12-13-14-15-16-17-18-19-20-21-26(37)45-32-28(39)27(38)24(22-35)44-34(32)46-31-25(23-36)43-33(42)30(41)29(31)40/h24-25,27-36,38-42H,2-23H2,1H3/t24-,25-,27+,28+,29-,30-,31-,32-,33-,34+/m1/s1. The van der Waals surface area contributed by atoms with Gasteiger partial charge in [0.25, 0.3) is 0 Å². The second-order valence-electron chi connectivity index (χ2n) is 13.1. The van der Waals surface area contributed by atoms with Gasteiger partial charge in [-0.05, 0) is 6.42 Å². The van der Waals surface area contributed by atoms with Crippen LogP contribution >= 0.6 is 0 Å². The van der Waals surface area contributed by atoms with Crippen molar-refractivity contribution in [3.05, 3.63) is 0 Å². The van der Waals surface area contributed by atoms with Crippen LogP contribution in [0.2, 0.25) is 0 Å². The number of carbonyl (C=O) groups is 1. The molecule has 2 fully saturated rings. The number of unbranched alkanes of at least 4 members (excludes halogenated alkanes) is 18. The smallest absolute Gasteiger partial charge is 0.306 e. The van der Waals surface area contributed by atoms with Crippen molar-refractivity contribution in [2.75, 3.05) is 13.2 Å². The van der Waals surface area contributed by atoms with Gasteiger partial charge in [-0.2, -0.15) is 0 Å². The number of aliphatic hydroxyl groups excluding tert-OH is 7. The van der Waals surface area contributed by atoms with E-state index < -0.39 is 80.6 Å². The zero-order valence-electron chi connectivity index (χ0n) is 28.0. The molecule has 10 atom stereocenters. The molecule has 0 aromatic carbocycles. The first kappa shape index (κ1) is 41.2. The predicted octanol–water partition coefficient (Wildman–Crippen LogP) is 2.98. The molecule has 0 amide bonds. The van der Waals surface area contributed by atoms with E-state index in [1.165, 1.54) is 96.3 Å². The minimum absolute atomic E-state index is 0.0770. The van der Waals surface area contributed by atoms with E-state index >= 15 is 0 Å². The molecule has 0 aliphatic carbocycles. The largest absolute Gasteiger partial charge is 0.454 e. The van der Waals surface area contributed by atoms with Crippen LogP contribution in [0.25, 0.3) is 0 Å². The van der Waals surface area contributed by atoms with Gasteiger partial charge in [-0.15, -0.1) is 0 Å². The molecular formula is C34H64O12. The van der Waals surface area contributed by atoms with Gasteiger partial charge in [0.05, 0.1) is 13.2 Å². The summed E-state index contributed by atoms with van der Waals surface area (Å²) >= 11 is 0. The number of aliphatic hydroxyl groups is 7. The lowest BCUT2D eigenvalue weighted by Crippen LogP contribution is -2.65. The van der Waals surface area contributed by atoms with Gasteiger partial charge in [-0.1, -0.05) is 122 Å². The summed E-state index contributed by atoms with van der Waals surface area (Å²) in [5.41, 5.74) is 0. The molecule has 0 saturated carbocycles. The average molecular weight is 665 g/mol. The van der Waals surface area contributed by atoms with Crippen LogP contribution in [0, 0.1) is 0 Å². The fourth-order valence-corrected chi connectivity index (χ4v) is 6.24. The van der Waals surface area contributed by atoms with Gasteiger partial charge in [0.15, 0.2) is 18.7 Å². The van der Waals surface area contributed by atoms with Crippen molar-refractivity contribution in [1.82, 2.24) is 0 Å². The highest BCUT2D eigenvalue weighted by atomic mass is 16.7. The van der Waals surface area contributed by atoms with Crippen molar-refractivity contribution in [1.29, 1.82) is 0 Å². The van der Waals surface area contributed by atoms with E-state index in [9.17, 15) is 40.5 Å². The van der Waals surface area contributed by atoms with Crippen LogP contribution in [-0.4, -0.2) is 116 Å². The SMILES string of the molecule is CCCCCCCCCCCCCCCCCCCCCC(=O)O[C@H]1[C@H](O[C@H]2[C@H](O)[C@@H](O)[C@H](O)O[C@@H]2CO)O[C@H](CO)[C@H](O)[C@@H]1O. The maximum Gasteiger partial charge on any atom is 0.306 e. The van der Waals surface area contributed by atoms with Gasteiger partial charge in [0.1, 0.15) is 42.7 Å². The lowest BCUT2D eigenvalue weighted by molar-refractivity contribution is -0.355. The fourth-order valence-electron chi connectivity index (χ4n) is 6.24. The summed E-state index contributed by atoms with van der Waals surface area (Å²) in [4.78, 5) is 12.7. The van der Waals surface area contributed by atoms with Crippen LogP contribution in [0.5, 0.6) is 0 Å². The third-order valence-corrected chi connectivity index (χ3v) is 9.21. The number of hydrogen-bond acceptors (Lipinski definition) is 12. The summed E-state index contributed by atoms with van der Waals surface area (Å²) in [5, 5.41) is 70.4. The van der Waals surface area contributed by atoms with E-state index in [0.717, 1.165) is 19.3 Å². The van der Waals surface area contributed by atoms with Crippen LogP contribution in [-0.2, 0) is 23.7 Å². The first-order chi connectivity index (χ1) is 22.2. The van der Waals surface area contributed by atoms with Gasteiger partial charge in [0.2, 0.25) is 0 Å². The van der Waals surface area contributed by atoms with Crippen molar-refractivity contribution >= 4 is 5.97 Å². The molecule has 0 spiro atoms. The molecule has 12 heteroatoms. The number of esters is 1. The Labute approximate surface area is 275 Å². The molecule has 7 N–H and O–H groups in total. The Bertz CT molecular complexity index is 770.